The summed E-state index contributed by atoms with van der Waals surface area (Å²) < 4.78 is 40.3. The molecule has 118 valence electrons. The van der Waals surface area contributed by atoms with Crippen molar-refractivity contribution in [2.75, 3.05) is 13.1 Å². The lowest BCUT2D eigenvalue weighted by Crippen LogP contribution is -2.39. The molecule has 1 unspecified atom stereocenters. The Hall–Kier alpha value is -1.47. The molecule has 1 saturated heterocycles. The van der Waals surface area contributed by atoms with Crippen LogP contribution in [0.3, 0.4) is 0 Å². The minimum absolute atomic E-state index is 0. The van der Waals surface area contributed by atoms with E-state index in [1.54, 1.807) is 4.90 Å². The SMILES string of the molecule is Cl.NCC1CCCN1C(=O)c1cccc(OC(F)(F)F)c1. The molecule has 1 aliphatic rings. The normalized spacial score (nSPS) is 18.3. The second-order valence-corrected chi connectivity index (χ2v) is 4.61. The van der Waals surface area contributed by atoms with E-state index in [1.165, 1.54) is 12.1 Å². The van der Waals surface area contributed by atoms with E-state index in [-0.39, 0.29) is 29.9 Å². The van der Waals surface area contributed by atoms with Crippen molar-refractivity contribution in [2.24, 2.45) is 5.73 Å². The molecule has 1 aromatic rings. The van der Waals surface area contributed by atoms with Crippen LogP contribution in [-0.2, 0) is 0 Å². The number of nitrogens with two attached hydrogens (primary N) is 1. The molecule has 1 fully saturated rings. The van der Waals surface area contributed by atoms with Crippen molar-refractivity contribution in [3.8, 4) is 5.75 Å². The summed E-state index contributed by atoms with van der Waals surface area (Å²) in [6.07, 6.45) is -3.09. The summed E-state index contributed by atoms with van der Waals surface area (Å²) in [5, 5.41) is 0. The number of rotatable bonds is 3. The number of ether oxygens (including phenoxy) is 1. The van der Waals surface area contributed by atoms with Crippen molar-refractivity contribution >= 4 is 18.3 Å². The molecule has 1 aromatic carbocycles. The van der Waals surface area contributed by atoms with Crippen molar-refractivity contribution in [2.45, 2.75) is 25.2 Å². The number of carbonyl (C=O) groups excluding carboxylic acids is 1. The lowest BCUT2D eigenvalue weighted by Gasteiger charge is -2.23. The maximum Gasteiger partial charge on any atom is 0.573 e. The van der Waals surface area contributed by atoms with Gasteiger partial charge < -0.3 is 15.4 Å². The first-order valence-corrected chi connectivity index (χ1v) is 6.27. The molecule has 0 saturated carbocycles. The maximum absolute atomic E-state index is 12.3. The predicted molar refractivity (Wildman–Crippen MR) is 73.5 cm³/mol. The van der Waals surface area contributed by atoms with Gasteiger partial charge in [0.25, 0.3) is 5.91 Å². The van der Waals surface area contributed by atoms with Crippen molar-refractivity contribution < 1.29 is 22.7 Å². The van der Waals surface area contributed by atoms with Gasteiger partial charge in [-0.15, -0.1) is 25.6 Å². The Morgan fingerprint density at radius 2 is 2.14 bits per heavy atom. The van der Waals surface area contributed by atoms with Crippen molar-refractivity contribution in [1.29, 1.82) is 0 Å². The average molecular weight is 325 g/mol. The molecule has 0 aromatic heterocycles. The second kappa shape index (κ2) is 7.00. The van der Waals surface area contributed by atoms with Gasteiger partial charge in [-0.25, -0.2) is 0 Å². The average Bonchev–Trinajstić information content (AvgIpc) is 2.84. The van der Waals surface area contributed by atoms with Gasteiger partial charge in [-0.2, -0.15) is 0 Å². The Balaban J connectivity index is 0.00000220. The Bertz CT molecular complexity index is 497. The molecule has 4 nitrogen and oxygen atoms in total. The molecule has 0 bridgehead atoms. The van der Waals surface area contributed by atoms with Crippen molar-refractivity contribution in [3.63, 3.8) is 0 Å². The van der Waals surface area contributed by atoms with E-state index in [2.05, 4.69) is 4.74 Å². The Kier molecular flexibility index (Phi) is 5.86. The van der Waals surface area contributed by atoms with Crippen LogP contribution in [0.5, 0.6) is 5.75 Å². The number of benzene rings is 1. The van der Waals surface area contributed by atoms with Crippen LogP contribution in [-0.4, -0.2) is 36.3 Å². The smallest absolute Gasteiger partial charge is 0.406 e. The van der Waals surface area contributed by atoms with Crippen LogP contribution in [0.4, 0.5) is 13.2 Å². The fourth-order valence-corrected chi connectivity index (χ4v) is 2.34. The van der Waals surface area contributed by atoms with Gasteiger partial charge in [-0.1, -0.05) is 6.07 Å². The lowest BCUT2D eigenvalue weighted by atomic mass is 10.1. The number of amides is 1. The van der Waals surface area contributed by atoms with Crippen LogP contribution in [0.15, 0.2) is 24.3 Å². The first-order valence-electron chi connectivity index (χ1n) is 6.27. The van der Waals surface area contributed by atoms with Crippen LogP contribution in [0.2, 0.25) is 0 Å². The minimum Gasteiger partial charge on any atom is -0.406 e. The third kappa shape index (κ3) is 4.50. The summed E-state index contributed by atoms with van der Waals surface area (Å²) in [5.74, 6) is -0.711. The molecule has 2 N–H and O–H groups in total. The molecule has 0 aliphatic carbocycles. The largest absolute Gasteiger partial charge is 0.573 e. The van der Waals surface area contributed by atoms with Crippen molar-refractivity contribution in [3.05, 3.63) is 29.8 Å². The first-order chi connectivity index (χ1) is 9.40. The topological polar surface area (TPSA) is 55.6 Å². The van der Waals surface area contributed by atoms with Gasteiger partial charge in [0, 0.05) is 24.7 Å². The van der Waals surface area contributed by atoms with Crippen LogP contribution < -0.4 is 10.5 Å². The van der Waals surface area contributed by atoms with E-state index >= 15 is 0 Å². The number of likely N-dealkylation sites (tertiary alicyclic amines) is 1. The van der Waals surface area contributed by atoms with Gasteiger partial charge in [0.1, 0.15) is 5.75 Å². The zero-order valence-electron chi connectivity index (χ0n) is 11.1. The lowest BCUT2D eigenvalue weighted by molar-refractivity contribution is -0.274. The summed E-state index contributed by atoms with van der Waals surface area (Å²) >= 11 is 0. The van der Waals surface area contributed by atoms with Gasteiger partial charge in [0.05, 0.1) is 0 Å². The van der Waals surface area contributed by atoms with E-state index < -0.39 is 12.1 Å². The van der Waals surface area contributed by atoms with Crippen LogP contribution in [0.25, 0.3) is 0 Å². The summed E-state index contributed by atoms with van der Waals surface area (Å²) in [7, 11) is 0. The highest BCUT2D eigenvalue weighted by Crippen LogP contribution is 2.25. The predicted octanol–water partition coefficient (Wildman–Crippen LogP) is 2.57. The molecule has 8 heteroatoms. The number of alkyl halides is 3. The molecule has 1 aliphatic heterocycles. The molecule has 1 atom stereocenters. The van der Waals surface area contributed by atoms with Gasteiger partial charge >= 0.3 is 6.36 Å². The molecule has 0 radical (unpaired) electrons. The number of halogens is 4. The molecule has 0 spiro atoms. The molecule has 1 amide bonds. The Morgan fingerprint density at radius 1 is 1.43 bits per heavy atom. The third-order valence-electron chi connectivity index (χ3n) is 3.22. The number of carbonyl (C=O) groups is 1. The maximum atomic E-state index is 12.3. The van der Waals surface area contributed by atoms with E-state index in [9.17, 15) is 18.0 Å². The highest BCUT2D eigenvalue weighted by Gasteiger charge is 2.32. The third-order valence-corrected chi connectivity index (χ3v) is 3.22. The van der Waals surface area contributed by atoms with Gasteiger partial charge in [-0.05, 0) is 31.0 Å². The number of hydrogen-bond donors (Lipinski definition) is 1. The van der Waals surface area contributed by atoms with Gasteiger partial charge in [-0.3, -0.25) is 4.79 Å². The van der Waals surface area contributed by atoms with E-state index in [4.69, 9.17) is 5.73 Å². The number of hydrogen-bond acceptors (Lipinski definition) is 3. The van der Waals surface area contributed by atoms with E-state index in [0.717, 1.165) is 25.0 Å². The summed E-state index contributed by atoms with van der Waals surface area (Å²) in [5.41, 5.74) is 5.76. The quantitative estimate of drug-likeness (QED) is 0.929. The van der Waals surface area contributed by atoms with Crippen molar-refractivity contribution in [1.82, 2.24) is 4.90 Å². The minimum atomic E-state index is -4.77. The first kappa shape index (κ1) is 17.6. The Morgan fingerprint density at radius 3 is 2.76 bits per heavy atom. The summed E-state index contributed by atoms with van der Waals surface area (Å²) in [6, 6.07) is 5.05. The van der Waals surface area contributed by atoms with E-state index in [0.29, 0.717) is 13.1 Å². The zero-order chi connectivity index (χ0) is 14.8. The molecular weight excluding hydrogens is 309 g/mol. The fraction of sp³-hybridized carbons (Fsp3) is 0.462. The van der Waals surface area contributed by atoms with Gasteiger partial charge in [0.15, 0.2) is 0 Å². The number of nitrogens with zero attached hydrogens (tertiary/aromatic N) is 1. The Labute approximate surface area is 126 Å². The zero-order valence-corrected chi connectivity index (χ0v) is 11.9. The summed E-state index contributed by atoms with van der Waals surface area (Å²) in [4.78, 5) is 13.9. The second-order valence-electron chi connectivity index (χ2n) is 4.61. The van der Waals surface area contributed by atoms with Crippen LogP contribution >= 0.6 is 12.4 Å². The molecule has 21 heavy (non-hydrogen) atoms. The van der Waals surface area contributed by atoms with Crippen LogP contribution in [0, 0.1) is 0 Å². The molecule has 2 rings (SSSR count). The van der Waals surface area contributed by atoms with E-state index in [1.807, 2.05) is 0 Å². The standard InChI is InChI=1S/C13H15F3N2O2.ClH/c14-13(15,16)20-11-5-1-3-9(7-11)12(19)18-6-2-4-10(18)8-17;/h1,3,5,7,10H,2,4,6,8,17H2;1H. The highest BCUT2D eigenvalue weighted by atomic mass is 35.5. The monoisotopic (exact) mass is 324 g/mol. The van der Waals surface area contributed by atoms with Crippen LogP contribution in [0.1, 0.15) is 23.2 Å². The summed E-state index contributed by atoms with van der Waals surface area (Å²) in [6.45, 7) is 0.926. The molecular formula is C13H16ClF3N2O2. The fourth-order valence-electron chi connectivity index (χ4n) is 2.34. The highest BCUT2D eigenvalue weighted by molar-refractivity contribution is 5.95. The molecule has 1 heterocycles. The van der Waals surface area contributed by atoms with Gasteiger partial charge in [0.2, 0.25) is 0 Å².